The van der Waals surface area contributed by atoms with Gasteiger partial charge in [-0.2, -0.15) is 0 Å². The van der Waals surface area contributed by atoms with Crippen LogP contribution in [-0.4, -0.2) is 63.0 Å². The number of halogens is 1. The van der Waals surface area contributed by atoms with Crippen LogP contribution in [0.3, 0.4) is 0 Å². The molecule has 0 saturated carbocycles. The van der Waals surface area contributed by atoms with E-state index in [9.17, 15) is 14.7 Å². The fraction of sp³-hybridized carbons (Fsp3) is 0.500. The van der Waals surface area contributed by atoms with Crippen LogP contribution >= 0.6 is 27.7 Å². The van der Waals surface area contributed by atoms with Gasteiger partial charge in [0, 0.05) is 18.6 Å². The number of carbonyl (C=O) groups excluding carboxylic acids is 2. The minimum atomic E-state index is -0.833. The molecule has 0 bridgehead atoms. The third kappa shape index (κ3) is 5.13. The van der Waals surface area contributed by atoms with E-state index < -0.39 is 4.75 Å². The summed E-state index contributed by atoms with van der Waals surface area (Å²) >= 11 is 4.88. The van der Waals surface area contributed by atoms with E-state index in [1.54, 1.807) is 23.9 Å². The van der Waals surface area contributed by atoms with Crippen molar-refractivity contribution in [2.24, 2.45) is 0 Å². The van der Waals surface area contributed by atoms with Crippen molar-refractivity contribution in [1.82, 2.24) is 19.8 Å². The fourth-order valence-corrected chi connectivity index (χ4v) is 4.96. The van der Waals surface area contributed by atoms with Crippen molar-refractivity contribution in [3.63, 3.8) is 0 Å². The number of amides is 3. The molecule has 0 radical (unpaired) electrons. The Labute approximate surface area is 201 Å². The first-order valence-electron chi connectivity index (χ1n) is 10.5. The molecule has 32 heavy (non-hydrogen) atoms. The summed E-state index contributed by atoms with van der Waals surface area (Å²) in [6.07, 6.45) is 0.647. The lowest BCUT2D eigenvalue weighted by atomic mass is 10.1. The number of aliphatic hydroxyl groups excluding tert-OH is 1. The van der Waals surface area contributed by atoms with E-state index in [-0.39, 0.29) is 24.6 Å². The van der Waals surface area contributed by atoms with Crippen LogP contribution in [0.2, 0.25) is 0 Å². The number of aromatic nitrogens is 2. The number of aliphatic hydroxyl groups is 1. The quantitative estimate of drug-likeness (QED) is 0.517. The number of anilines is 1. The molecule has 1 unspecified atom stereocenters. The van der Waals surface area contributed by atoms with Gasteiger partial charge in [0.2, 0.25) is 5.91 Å². The molecule has 1 aliphatic heterocycles. The number of imidazole rings is 1. The molecule has 3 amide bonds. The van der Waals surface area contributed by atoms with Gasteiger partial charge in [-0.25, -0.2) is 9.78 Å². The van der Waals surface area contributed by atoms with Crippen LogP contribution in [0.4, 0.5) is 10.6 Å². The molecule has 2 heterocycles. The number of carbonyl (C=O) groups is 2. The Balaban J connectivity index is 1.99. The third-order valence-corrected chi connectivity index (χ3v) is 7.19. The first kappa shape index (κ1) is 24.6. The van der Waals surface area contributed by atoms with Gasteiger partial charge in [-0.05, 0) is 38.0 Å². The second-order valence-electron chi connectivity index (χ2n) is 8.45. The molecule has 3 rings (SSSR count). The second-order valence-corrected chi connectivity index (χ2v) is 11.0. The SMILES string of the molecule is CCC(CO)NC(=O)C(C)(C)Sc1nc2c(n1Cc1cccc(Br)c1)CN(C)C(=O)N2C. The van der Waals surface area contributed by atoms with Gasteiger partial charge in [-0.1, -0.05) is 46.7 Å². The lowest BCUT2D eigenvalue weighted by Crippen LogP contribution is -2.46. The van der Waals surface area contributed by atoms with E-state index in [0.29, 0.717) is 30.5 Å². The van der Waals surface area contributed by atoms with Crippen LogP contribution in [0.15, 0.2) is 33.9 Å². The summed E-state index contributed by atoms with van der Waals surface area (Å²) < 4.78 is 2.23. The van der Waals surface area contributed by atoms with Crippen molar-refractivity contribution in [1.29, 1.82) is 0 Å². The molecule has 8 nitrogen and oxygen atoms in total. The van der Waals surface area contributed by atoms with Gasteiger partial charge >= 0.3 is 6.03 Å². The molecular formula is C22H30BrN5O3S. The summed E-state index contributed by atoms with van der Waals surface area (Å²) in [7, 11) is 3.48. The molecule has 174 valence electrons. The standard InChI is InChI=1S/C22H30BrN5O3S/c1-6-16(13-29)24-19(30)22(2,3)32-20-25-18-17(12-26(4)21(31)27(18)5)28(20)11-14-8-7-9-15(23)10-14/h7-10,16,29H,6,11-13H2,1-5H3,(H,24,30). The average Bonchev–Trinajstić information content (AvgIpc) is 3.06. The lowest BCUT2D eigenvalue weighted by Gasteiger charge is -2.30. The first-order valence-corrected chi connectivity index (χ1v) is 12.1. The maximum absolute atomic E-state index is 13.0. The number of nitrogens with one attached hydrogen (secondary N) is 1. The van der Waals surface area contributed by atoms with Crippen molar-refractivity contribution >= 4 is 45.4 Å². The van der Waals surface area contributed by atoms with E-state index in [0.717, 1.165) is 15.7 Å². The molecule has 0 spiro atoms. The van der Waals surface area contributed by atoms with E-state index in [2.05, 4.69) is 25.8 Å². The highest BCUT2D eigenvalue weighted by Crippen LogP contribution is 2.38. The monoisotopic (exact) mass is 523 g/mol. The Morgan fingerprint density at radius 1 is 1.38 bits per heavy atom. The van der Waals surface area contributed by atoms with Crippen LogP contribution in [0.25, 0.3) is 0 Å². The van der Waals surface area contributed by atoms with Crippen molar-refractivity contribution in [2.45, 2.75) is 56.2 Å². The molecule has 1 aromatic heterocycles. The van der Waals surface area contributed by atoms with Crippen molar-refractivity contribution in [2.75, 3.05) is 25.6 Å². The Morgan fingerprint density at radius 3 is 2.72 bits per heavy atom. The van der Waals surface area contributed by atoms with E-state index in [4.69, 9.17) is 4.98 Å². The number of urea groups is 1. The van der Waals surface area contributed by atoms with Gasteiger partial charge in [0.15, 0.2) is 11.0 Å². The summed E-state index contributed by atoms with van der Waals surface area (Å²) in [4.78, 5) is 33.4. The molecular weight excluding hydrogens is 494 g/mol. The third-order valence-electron chi connectivity index (χ3n) is 5.51. The number of nitrogens with zero attached hydrogens (tertiary/aromatic N) is 4. The molecule has 1 aliphatic rings. The normalized spacial score (nSPS) is 15.0. The number of thioether (sulfide) groups is 1. The Kier molecular flexibility index (Phi) is 7.57. The summed E-state index contributed by atoms with van der Waals surface area (Å²) in [5.74, 6) is 0.448. The van der Waals surface area contributed by atoms with E-state index in [1.165, 1.54) is 11.8 Å². The van der Waals surface area contributed by atoms with Gasteiger partial charge < -0.3 is 19.9 Å². The summed E-state index contributed by atoms with van der Waals surface area (Å²) in [5.41, 5.74) is 2.01. The first-order chi connectivity index (χ1) is 15.1. The molecule has 10 heteroatoms. The molecule has 2 aromatic rings. The van der Waals surface area contributed by atoms with E-state index in [1.807, 2.05) is 45.0 Å². The number of rotatable bonds is 8. The number of benzene rings is 1. The Bertz CT molecular complexity index is 1010. The molecule has 2 N–H and O–H groups in total. The second kappa shape index (κ2) is 9.84. The Morgan fingerprint density at radius 2 is 2.09 bits per heavy atom. The molecule has 0 saturated heterocycles. The Hall–Kier alpha value is -2.04. The number of hydrogen-bond donors (Lipinski definition) is 2. The van der Waals surface area contributed by atoms with Crippen molar-refractivity contribution in [3.05, 3.63) is 40.0 Å². The highest BCUT2D eigenvalue weighted by molar-refractivity contribution is 9.10. The van der Waals surface area contributed by atoms with Crippen LogP contribution in [0, 0.1) is 0 Å². The minimum absolute atomic E-state index is 0.103. The molecule has 0 aliphatic carbocycles. The summed E-state index contributed by atoms with van der Waals surface area (Å²) in [6, 6.07) is 7.64. The highest BCUT2D eigenvalue weighted by atomic mass is 79.9. The lowest BCUT2D eigenvalue weighted by molar-refractivity contribution is -0.123. The number of fused-ring (bicyclic) bond motifs is 1. The van der Waals surface area contributed by atoms with Gasteiger partial charge in [-0.3, -0.25) is 9.69 Å². The smallest absolute Gasteiger partial charge is 0.325 e. The van der Waals surface area contributed by atoms with E-state index >= 15 is 0 Å². The maximum Gasteiger partial charge on any atom is 0.325 e. The molecule has 1 aromatic carbocycles. The summed E-state index contributed by atoms with van der Waals surface area (Å²) in [5, 5.41) is 13.0. The minimum Gasteiger partial charge on any atom is -0.394 e. The van der Waals surface area contributed by atoms with Crippen LogP contribution in [-0.2, 0) is 17.9 Å². The van der Waals surface area contributed by atoms with Gasteiger partial charge in [0.05, 0.1) is 36.2 Å². The predicted octanol–water partition coefficient (Wildman–Crippen LogP) is 3.45. The zero-order chi connectivity index (χ0) is 23.6. The molecule has 1 atom stereocenters. The van der Waals surface area contributed by atoms with Crippen molar-refractivity contribution in [3.8, 4) is 0 Å². The van der Waals surface area contributed by atoms with Crippen LogP contribution in [0.5, 0.6) is 0 Å². The zero-order valence-corrected chi connectivity index (χ0v) is 21.5. The van der Waals surface area contributed by atoms with Crippen LogP contribution in [0.1, 0.15) is 38.4 Å². The fourth-order valence-electron chi connectivity index (χ4n) is 3.48. The van der Waals surface area contributed by atoms with Crippen LogP contribution < -0.4 is 10.2 Å². The number of hydrogen-bond acceptors (Lipinski definition) is 5. The van der Waals surface area contributed by atoms with Crippen molar-refractivity contribution < 1.29 is 14.7 Å². The highest BCUT2D eigenvalue weighted by Gasteiger charge is 2.36. The average molecular weight is 524 g/mol. The summed E-state index contributed by atoms with van der Waals surface area (Å²) in [6.45, 7) is 6.50. The largest absolute Gasteiger partial charge is 0.394 e. The van der Waals surface area contributed by atoms with Gasteiger partial charge in [-0.15, -0.1) is 0 Å². The van der Waals surface area contributed by atoms with Gasteiger partial charge in [0.1, 0.15) is 0 Å². The topological polar surface area (TPSA) is 90.7 Å². The maximum atomic E-state index is 13.0. The van der Waals surface area contributed by atoms with Gasteiger partial charge in [0.25, 0.3) is 0 Å². The zero-order valence-electron chi connectivity index (χ0n) is 19.1. The molecule has 0 fully saturated rings. The predicted molar refractivity (Wildman–Crippen MR) is 130 cm³/mol.